The minimum absolute atomic E-state index is 0.215. The van der Waals surface area contributed by atoms with E-state index < -0.39 is 5.97 Å². The van der Waals surface area contributed by atoms with Gasteiger partial charge in [0.1, 0.15) is 5.75 Å². The minimum atomic E-state index is -0.569. The fourth-order valence-corrected chi connectivity index (χ4v) is 1.64. The van der Waals surface area contributed by atoms with Gasteiger partial charge in [-0.3, -0.25) is 4.79 Å². The molecule has 0 unspecified atom stereocenters. The van der Waals surface area contributed by atoms with Crippen LogP contribution in [0.3, 0.4) is 0 Å². The van der Waals surface area contributed by atoms with E-state index >= 15 is 0 Å². The number of ether oxygens (including phenoxy) is 2. The predicted molar refractivity (Wildman–Crippen MR) is 80.3 cm³/mol. The maximum atomic E-state index is 11.6. The lowest BCUT2D eigenvalue weighted by Gasteiger charge is -2.20. The van der Waals surface area contributed by atoms with Crippen LogP contribution in [-0.2, 0) is 14.3 Å². The van der Waals surface area contributed by atoms with Gasteiger partial charge in [-0.1, -0.05) is 12.1 Å². The summed E-state index contributed by atoms with van der Waals surface area (Å²) >= 11 is 0. The third-order valence-corrected chi connectivity index (χ3v) is 2.57. The molecule has 0 bridgehead atoms. The van der Waals surface area contributed by atoms with Crippen molar-refractivity contribution in [1.29, 1.82) is 0 Å². The van der Waals surface area contributed by atoms with Crippen LogP contribution in [0.5, 0.6) is 5.75 Å². The molecule has 0 fully saturated rings. The average molecular weight is 293 g/mol. The molecule has 0 aliphatic heterocycles. The highest BCUT2D eigenvalue weighted by Crippen LogP contribution is 2.18. The maximum Gasteiger partial charge on any atom is 0.344 e. The van der Waals surface area contributed by atoms with E-state index in [4.69, 9.17) is 9.47 Å². The van der Waals surface area contributed by atoms with Gasteiger partial charge < -0.3 is 14.8 Å². The number of benzene rings is 1. The quantitative estimate of drug-likeness (QED) is 0.845. The van der Waals surface area contributed by atoms with E-state index in [1.54, 1.807) is 0 Å². The fourth-order valence-electron chi connectivity index (χ4n) is 1.64. The summed E-state index contributed by atoms with van der Waals surface area (Å²) in [5.41, 5.74) is 1.64. The van der Waals surface area contributed by atoms with E-state index in [9.17, 15) is 9.59 Å². The summed E-state index contributed by atoms with van der Waals surface area (Å²) in [6.45, 7) is 8.90. The molecular formula is C16H23NO4. The molecule has 1 aromatic rings. The molecule has 116 valence electrons. The lowest BCUT2D eigenvalue weighted by molar-refractivity contribution is -0.150. The summed E-state index contributed by atoms with van der Waals surface area (Å²) < 4.78 is 10.3. The highest BCUT2D eigenvalue weighted by Gasteiger charge is 2.15. The van der Waals surface area contributed by atoms with Crippen LogP contribution in [0.4, 0.5) is 0 Å². The molecule has 0 saturated carbocycles. The Labute approximate surface area is 125 Å². The van der Waals surface area contributed by atoms with Gasteiger partial charge in [0, 0.05) is 5.54 Å². The number of carbonyl (C=O) groups excluding carboxylic acids is 2. The van der Waals surface area contributed by atoms with Crippen LogP contribution in [0.15, 0.2) is 18.2 Å². The second-order valence-corrected chi connectivity index (χ2v) is 6.02. The SMILES string of the molecule is Cc1ccc(C)c(OCC(=O)OCC(=O)NC(C)(C)C)c1. The summed E-state index contributed by atoms with van der Waals surface area (Å²) in [5, 5.41) is 2.71. The second kappa shape index (κ2) is 7.11. The maximum absolute atomic E-state index is 11.6. The number of aryl methyl sites for hydroxylation is 2. The van der Waals surface area contributed by atoms with Crippen molar-refractivity contribution in [2.45, 2.75) is 40.2 Å². The molecule has 0 aliphatic rings. The third kappa shape index (κ3) is 6.79. The van der Waals surface area contributed by atoms with E-state index in [1.165, 1.54) is 0 Å². The van der Waals surface area contributed by atoms with Gasteiger partial charge in [0.15, 0.2) is 13.2 Å². The Bertz CT molecular complexity index is 517. The van der Waals surface area contributed by atoms with Crippen LogP contribution >= 0.6 is 0 Å². The van der Waals surface area contributed by atoms with Crippen molar-refractivity contribution in [2.75, 3.05) is 13.2 Å². The number of carbonyl (C=O) groups is 2. The molecular weight excluding hydrogens is 270 g/mol. The van der Waals surface area contributed by atoms with Gasteiger partial charge in [-0.15, -0.1) is 0 Å². The molecule has 0 spiro atoms. The number of hydrogen-bond donors (Lipinski definition) is 1. The molecule has 0 heterocycles. The smallest absolute Gasteiger partial charge is 0.344 e. The molecule has 1 N–H and O–H groups in total. The molecule has 0 radical (unpaired) electrons. The summed E-state index contributed by atoms with van der Waals surface area (Å²) in [7, 11) is 0. The lowest BCUT2D eigenvalue weighted by atomic mass is 10.1. The Balaban J connectivity index is 2.38. The van der Waals surface area contributed by atoms with E-state index in [2.05, 4.69) is 5.32 Å². The van der Waals surface area contributed by atoms with Crippen LogP contribution in [0.2, 0.25) is 0 Å². The summed E-state index contributed by atoms with van der Waals surface area (Å²) in [5.74, 6) is -0.256. The van der Waals surface area contributed by atoms with E-state index in [0.717, 1.165) is 11.1 Å². The second-order valence-electron chi connectivity index (χ2n) is 6.02. The number of amides is 1. The first-order chi connectivity index (χ1) is 9.67. The van der Waals surface area contributed by atoms with Crippen molar-refractivity contribution < 1.29 is 19.1 Å². The molecule has 1 amide bonds. The Morgan fingerprint density at radius 3 is 2.43 bits per heavy atom. The van der Waals surface area contributed by atoms with Crippen molar-refractivity contribution >= 4 is 11.9 Å². The van der Waals surface area contributed by atoms with Crippen LogP contribution in [0.1, 0.15) is 31.9 Å². The molecule has 0 aliphatic carbocycles. The van der Waals surface area contributed by atoms with Crippen LogP contribution in [0, 0.1) is 13.8 Å². The molecule has 21 heavy (non-hydrogen) atoms. The van der Waals surface area contributed by atoms with E-state index in [0.29, 0.717) is 5.75 Å². The first-order valence-electron chi connectivity index (χ1n) is 6.84. The Kier molecular flexibility index (Phi) is 5.76. The largest absolute Gasteiger partial charge is 0.482 e. The number of hydrogen-bond acceptors (Lipinski definition) is 4. The number of nitrogens with one attached hydrogen (secondary N) is 1. The average Bonchev–Trinajstić information content (AvgIpc) is 2.35. The summed E-state index contributed by atoms with van der Waals surface area (Å²) in [6, 6.07) is 5.75. The van der Waals surface area contributed by atoms with Gasteiger partial charge in [0.05, 0.1) is 0 Å². The fraction of sp³-hybridized carbons (Fsp3) is 0.500. The molecule has 0 aromatic heterocycles. The molecule has 1 aromatic carbocycles. The molecule has 0 saturated heterocycles. The first kappa shape index (κ1) is 17.0. The summed E-state index contributed by atoms with van der Waals surface area (Å²) in [4.78, 5) is 23.1. The van der Waals surface area contributed by atoms with Gasteiger partial charge in [-0.2, -0.15) is 0 Å². The Morgan fingerprint density at radius 1 is 1.14 bits per heavy atom. The monoisotopic (exact) mass is 293 g/mol. The van der Waals surface area contributed by atoms with E-state index in [1.807, 2.05) is 52.8 Å². The molecule has 5 nitrogen and oxygen atoms in total. The van der Waals surface area contributed by atoms with E-state index in [-0.39, 0.29) is 24.7 Å². The molecule has 5 heteroatoms. The third-order valence-electron chi connectivity index (χ3n) is 2.57. The highest BCUT2D eigenvalue weighted by atomic mass is 16.6. The van der Waals surface area contributed by atoms with Crippen molar-refractivity contribution in [3.63, 3.8) is 0 Å². The van der Waals surface area contributed by atoms with Gasteiger partial charge in [0.25, 0.3) is 5.91 Å². The lowest BCUT2D eigenvalue weighted by Crippen LogP contribution is -2.43. The first-order valence-corrected chi connectivity index (χ1v) is 6.84. The predicted octanol–water partition coefficient (Wildman–Crippen LogP) is 2.14. The van der Waals surface area contributed by atoms with Crippen molar-refractivity contribution in [2.24, 2.45) is 0 Å². The zero-order valence-electron chi connectivity index (χ0n) is 13.3. The Hall–Kier alpha value is -2.04. The number of esters is 1. The zero-order valence-corrected chi connectivity index (χ0v) is 13.3. The normalized spacial score (nSPS) is 10.9. The Morgan fingerprint density at radius 2 is 1.81 bits per heavy atom. The molecule has 1 rings (SSSR count). The van der Waals surface area contributed by atoms with Gasteiger partial charge >= 0.3 is 5.97 Å². The van der Waals surface area contributed by atoms with Crippen LogP contribution in [0.25, 0.3) is 0 Å². The van der Waals surface area contributed by atoms with Crippen molar-refractivity contribution in [3.05, 3.63) is 29.3 Å². The summed E-state index contributed by atoms with van der Waals surface area (Å²) in [6.07, 6.45) is 0. The molecule has 0 atom stereocenters. The topological polar surface area (TPSA) is 64.6 Å². The van der Waals surface area contributed by atoms with Gasteiger partial charge in [-0.05, 0) is 51.8 Å². The minimum Gasteiger partial charge on any atom is -0.482 e. The van der Waals surface area contributed by atoms with Gasteiger partial charge in [0.2, 0.25) is 0 Å². The standard InChI is InChI=1S/C16H23NO4/c1-11-6-7-12(2)13(8-11)20-10-15(19)21-9-14(18)17-16(3,4)5/h6-8H,9-10H2,1-5H3,(H,17,18). The van der Waals surface area contributed by atoms with Crippen LogP contribution in [-0.4, -0.2) is 30.6 Å². The van der Waals surface area contributed by atoms with Crippen molar-refractivity contribution in [1.82, 2.24) is 5.32 Å². The zero-order chi connectivity index (χ0) is 16.0. The van der Waals surface area contributed by atoms with Crippen LogP contribution < -0.4 is 10.1 Å². The number of rotatable bonds is 5. The van der Waals surface area contributed by atoms with Crippen molar-refractivity contribution in [3.8, 4) is 5.75 Å². The van der Waals surface area contributed by atoms with Gasteiger partial charge in [-0.25, -0.2) is 4.79 Å². The highest BCUT2D eigenvalue weighted by molar-refractivity contribution is 5.81.